The summed E-state index contributed by atoms with van der Waals surface area (Å²) >= 11 is 0. The van der Waals surface area contributed by atoms with E-state index in [9.17, 15) is 9.59 Å². The number of methoxy groups -OCH3 is 1. The number of nitrogens with zero attached hydrogens (tertiary/aromatic N) is 4. The van der Waals surface area contributed by atoms with Crippen LogP contribution in [-0.4, -0.2) is 64.9 Å². The summed E-state index contributed by atoms with van der Waals surface area (Å²) in [6.45, 7) is 4.24. The number of rotatable bonds is 4. The van der Waals surface area contributed by atoms with Crippen LogP contribution in [0.1, 0.15) is 39.8 Å². The first kappa shape index (κ1) is 18.8. The molecule has 2 heterocycles. The van der Waals surface area contributed by atoms with Gasteiger partial charge in [-0.05, 0) is 36.6 Å². The molecule has 1 aliphatic heterocycles. The van der Waals surface area contributed by atoms with Crippen molar-refractivity contribution in [3.63, 3.8) is 0 Å². The van der Waals surface area contributed by atoms with Crippen LogP contribution in [0.5, 0.6) is 5.75 Å². The van der Waals surface area contributed by atoms with E-state index >= 15 is 0 Å². The van der Waals surface area contributed by atoms with Gasteiger partial charge in [0, 0.05) is 44.1 Å². The SMILES string of the molecule is CCc1cc(C(=O)N2CCCN(C(=O)c3cnccn3)CC2)ccc1OC. The van der Waals surface area contributed by atoms with Crippen molar-refractivity contribution in [2.75, 3.05) is 33.3 Å². The molecular weight excluding hydrogens is 344 g/mol. The zero-order valence-electron chi connectivity index (χ0n) is 15.7. The molecule has 27 heavy (non-hydrogen) atoms. The Hall–Kier alpha value is -2.96. The maximum atomic E-state index is 12.9. The molecule has 1 aromatic heterocycles. The van der Waals surface area contributed by atoms with Crippen molar-refractivity contribution in [2.24, 2.45) is 0 Å². The fraction of sp³-hybridized carbons (Fsp3) is 0.400. The fourth-order valence-corrected chi connectivity index (χ4v) is 3.27. The van der Waals surface area contributed by atoms with E-state index in [0.717, 1.165) is 24.2 Å². The molecule has 1 aromatic carbocycles. The highest BCUT2D eigenvalue weighted by Crippen LogP contribution is 2.21. The molecule has 0 unspecified atom stereocenters. The van der Waals surface area contributed by atoms with Gasteiger partial charge in [0.2, 0.25) is 0 Å². The lowest BCUT2D eigenvalue weighted by Crippen LogP contribution is -2.37. The van der Waals surface area contributed by atoms with Gasteiger partial charge in [0.1, 0.15) is 11.4 Å². The molecule has 1 aliphatic rings. The minimum Gasteiger partial charge on any atom is -0.496 e. The summed E-state index contributed by atoms with van der Waals surface area (Å²) in [5.41, 5.74) is 2.00. The van der Waals surface area contributed by atoms with Gasteiger partial charge in [0.05, 0.1) is 13.3 Å². The van der Waals surface area contributed by atoms with E-state index < -0.39 is 0 Å². The quantitative estimate of drug-likeness (QED) is 0.825. The number of aryl methyl sites for hydroxylation is 1. The third-order valence-electron chi connectivity index (χ3n) is 4.76. The average molecular weight is 368 g/mol. The third kappa shape index (κ3) is 4.24. The van der Waals surface area contributed by atoms with Gasteiger partial charge >= 0.3 is 0 Å². The topological polar surface area (TPSA) is 75.6 Å². The van der Waals surface area contributed by atoms with Crippen LogP contribution in [0.3, 0.4) is 0 Å². The molecule has 0 aliphatic carbocycles. The lowest BCUT2D eigenvalue weighted by atomic mass is 10.1. The summed E-state index contributed by atoms with van der Waals surface area (Å²) in [4.78, 5) is 37.1. The Morgan fingerprint density at radius 2 is 1.81 bits per heavy atom. The summed E-state index contributed by atoms with van der Waals surface area (Å²) in [6.07, 6.45) is 6.05. The largest absolute Gasteiger partial charge is 0.496 e. The number of aromatic nitrogens is 2. The highest BCUT2D eigenvalue weighted by Gasteiger charge is 2.24. The standard InChI is InChI=1S/C20H24N4O3/c1-3-15-13-16(5-6-18(15)27-2)19(25)23-9-4-10-24(12-11-23)20(26)17-14-21-7-8-22-17/h5-8,13-14H,3-4,9-12H2,1-2H3. The van der Waals surface area contributed by atoms with Crippen molar-refractivity contribution in [1.29, 1.82) is 0 Å². The highest BCUT2D eigenvalue weighted by molar-refractivity contribution is 5.95. The van der Waals surface area contributed by atoms with Crippen LogP contribution in [0.25, 0.3) is 0 Å². The maximum Gasteiger partial charge on any atom is 0.274 e. The van der Waals surface area contributed by atoms with Gasteiger partial charge in [-0.15, -0.1) is 0 Å². The van der Waals surface area contributed by atoms with E-state index in [1.165, 1.54) is 12.4 Å². The van der Waals surface area contributed by atoms with Gasteiger partial charge in [-0.1, -0.05) is 6.92 Å². The van der Waals surface area contributed by atoms with Crippen molar-refractivity contribution in [3.8, 4) is 5.75 Å². The van der Waals surface area contributed by atoms with Crippen molar-refractivity contribution in [3.05, 3.63) is 53.6 Å². The third-order valence-corrected chi connectivity index (χ3v) is 4.76. The van der Waals surface area contributed by atoms with E-state index in [2.05, 4.69) is 9.97 Å². The zero-order chi connectivity index (χ0) is 19.2. The van der Waals surface area contributed by atoms with Crippen molar-refractivity contribution < 1.29 is 14.3 Å². The molecule has 0 N–H and O–H groups in total. The second-order valence-electron chi connectivity index (χ2n) is 6.41. The van der Waals surface area contributed by atoms with E-state index in [1.54, 1.807) is 24.3 Å². The monoisotopic (exact) mass is 368 g/mol. The number of hydrogen-bond acceptors (Lipinski definition) is 5. The first-order valence-corrected chi connectivity index (χ1v) is 9.15. The Morgan fingerprint density at radius 1 is 1.07 bits per heavy atom. The molecule has 0 saturated carbocycles. The van der Waals surface area contributed by atoms with Crippen molar-refractivity contribution in [1.82, 2.24) is 19.8 Å². The second-order valence-corrected chi connectivity index (χ2v) is 6.41. The normalized spacial score (nSPS) is 14.6. The first-order chi connectivity index (χ1) is 13.1. The molecule has 3 rings (SSSR count). The summed E-state index contributed by atoms with van der Waals surface area (Å²) in [7, 11) is 1.63. The number of ether oxygens (including phenoxy) is 1. The molecule has 2 amide bonds. The summed E-state index contributed by atoms with van der Waals surface area (Å²) in [6, 6.07) is 5.54. The minimum absolute atomic E-state index is 0.0128. The zero-order valence-corrected chi connectivity index (χ0v) is 15.7. The van der Waals surface area contributed by atoms with Gasteiger partial charge in [-0.2, -0.15) is 0 Å². The molecule has 7 nitrogen and oxygen atoms in total. The van der Waals surface area contributed by atoms with E-state index in [-0.39, 0.29) is 11.8 Å². The molecule has 0 spiro atoms. The van der Waals surface area contributed by atoms with Crippen molar-refractivity contribution in [2.45, 2.75) is 19.8 Å². The summed E-state index contributed by atoms with van der Waals surface area (Å²) < 4.78 is 5.34. The maximum absolute atomic E-state index is 12.9. The molecule has 1 saturated heterocycles. The van der Waals surface area contributed by atoms with Gasteiger partial charge in [-0.25, -0.2) is 4.98 Å². The Morgan fingerprint density at radius 3 is 2.44 bits per heavy atom. The van der Waals surface area contributed by atoms with E-state index in [1.807, 2.05) is 24.0 Å². The smallest absolute Gasteiger partial charge is 0.274 e. The van der Waals surface area contributed by atoms with Crippen LogP contribution in [-0.2, 0) is 6.42 Å². The second kappa shape index (κ2) is 8.62. The number of benzene rings is 1. The number of amides is 2. The number of carbonyl (C=O) groups is 2. The van der Waals surface area contributed by atoms with Crippen molar-refractivity contribution >= 4 is 11.8 Å². The lowest BCUT2D eigenvalue weighted by molar-refractivity contribution is 0.0715. The first-order valence-electron chi connectivity index (χ1n) is 9.15. The fourth-order valence-electron chi connectivity index (χ4n) is 3.27. The predicted octanol–water partition coefficient (Wildman–Crippen LogP) is 2.04. The van der Waals surface area contributed by atoms with Crippen LogP contribution in [0.2, 0.25) is 0 Å². The number of carbonyl (C=O) groups excluding carboxylic acids is 2. The Bertz CT molecular complexity index is 810. The van der Waals surface area contributed by atoms with Gasteiger partial charge in [0.25, 0.3) is 11.8 Å². The van der Waals surface area contributed by atoms with Crippen LogP contribution in [0.15, 0.2) is 36.8 Å². The predicted molar refractivity (Wildman–Crippen MR) is 101 cm³/mol. The van der Waals surface area contributed by atoms with Crippen LogP contribution < -0.4 is 4.74 Å². The molecule has 0 radical (unpaired) electrons. The van der Waals surface area contributed by atoms with Crippen LogP contribution in [0, 0.1) is 0 Å². The molecule has 1 fully saturated rings. The van der Waals surface area contributed by atoms with Gasteiger partial charge in [0.15, 0.2) is 0 Å². The minimum atomic E-state index is -0.143. The average Bonchev–Trinajstić information content (AvgIpc) is 2.99. The molecule has 2 aromatic rings. The van der Waals surface area contributed by atoms with Gasteiger partial charge < -0.3 is 14.5 Å². The van der Waals surface area contributed by atoms with Crippen LogP contribution >= 0.6 is 0 Å². The Kier molecular flexibility index (Phi) is 6.01. The van der Waals surface area contributed by atoms with Crippen LogP contribution in [0.4, 0.5) is 0 Å². The molecule has 0 atom stereocenters. The molecule has 7 heteroatoms. The van der Waals surface area contributed by atoms with E-state index in [0.29, 0.717) is 37.4 Å². The molecule has 142 valence electrons. The van der Waals surface area contributed by atoms with Gasteiger partial charge in [-0.3, -0.25) is 14.6 Å². The number of hydrogen-bond donors (Lipinski definition) is 0. The Balaban J connectivity index is 1.69. The summed E-state index contributed by atoms with van der Waals surface area (Å²) in [5.74, 6) is 0.641. The highest BCUT2D eigenvalue weighted by atomic mass is 16.5. The molecule has 0 bridgehead atoms. The van der Waals surface area contributed by atoms with E-state index in [4.69, 9.17) is 4.74 Å². The molecular formula is C20H24N4O3. The Labute approximate surface area is 159 Å². The summed E-state index contributed by atoms with van der Waals surface area (Å²) in [5, 5.41) is 0. The lowest BCUT2D eigenvalue weighted by Gasteiger charge is -2.22.